The number of benzene rings is 2. The second kappa shape index (κ2) is 5.83. The van der Waals surface area contributed by atoms with Crippen LogP contribution in [-0.2, 0) is 0 Å². The van der Waals surface area contributed by atoms with Crippen LogP contribution in [0.3, 0.4) is 0 Å². The number of para-hydroxylation sites is 1. The van der Waals surface area contributed by atoms with E-state index in [1.807, 2.05) is 36.4 Å². The SMILES string of the molecule is NC(=O)c1nn(-c2ccccc2)c(-c2cccc(Cl)c2)c1Cl. The van der Waals surface area contributed by atoms with Gasteiger partial charge in [0, 0.05) is 10.6 Å². The van der Waals surface area contributed by atoms with Crippen molar-refractivity contribution in [3.05, 3.63) is 70.3 Å². The molecule has 0 atom stereocenters. The fourth-order valence-corrected chi connectivity index (χ4v) is 2.71. The van der Waals surface area contributed by atoms with E-state index in [9.17, 15) is 4.79 Å². The Morgan fingerprint density at radius 2 is 1.77 bits per heavy atom. The maximum Gasteiger partial charge on any atom is 0.270 e. The summed E-state index contributed by atoms with van der Waals surface area (Å²) < 4.78 is 1.59. The molecule has 22 heavy (non-hydrogen) atoms. The third-order valence-corrected chi connectivity index (χ3v) is 3.75. The number of hydrogen-bond donors (Lipinski definition) is 1. The number of primary amides is 1. The van der Waals surface area contributed by atoms with Gasteiger partial charge in [0.15, 0.2) is 5.69 Å². The molecule has 4 nitrogen and oxygen atoms in total. The Labute approximate surface area is 137 Å². The van der Waals surface area contributed by atoms with E-state index in [2.05, 4.69) is 5.10 Å². The van der Waals surface area contributed by atoms with Crippen LogP contribution in [0.4, 0.5) is 0 Å². The quantitative estimate of drug-likeness (QED) is 0.789. The van der Waals surface area contributed by atoms with Gasteiger partial charge in [-0.1, -0.05) is 53.5 Å². The van der Waals surface area contributed by atoms with Gasteiger partial charge >= 0.3 is 0 Å². The molecule has 3 rings (SSSR count). The van der Waals surface area contributed by atoms with Crippen molar-refractivity contribution < 1.29 is 4.79 Å². The fourth-order valence-electron chi connectivity index (χ4n) is 2.20. The van der Waals surface area contributed by atoms with E-state index in [0.717, 1.165) is 11.3 Å². The molecule has 0 aliphatic heterocycles. The van der Waals surface area contributed by atoms with E-state index in [1.165, 1.54) is 0 Å². The van der Waals surface area contributed by atoms with E-state index in [0.29, 0.717) is 10.7 Å². The van der Waals surface area contributed by atoms with Crippen LogP contribution in [0, 0.1) is 0 Å². The molecule has 0 fully saturated rings. The highest BCUT2D eigenvalue weighted by molar-refractivity contribution is 6.36. The first-order valence-corrected chi connectivity index (χ1v) is 7.23. The molecule has 0 aliphatic carbocycles. The molecule has 3 aromatic rings. The molecule has 1 amide bonds. The lowest BCUT2D eigenvalue weighted by Crippen LogP contribution is -2.12. The Morgan fingerprint density at radius 3 is 2.41 bits per heavy atom. The number of nitrogens with two attached hydrogens (primary N) is 1. The zero-order valence-electron chi connectivity index (χ0n) is 11.3. The van der Waals surface area contributed by atoms with E-state index >= 15 is 0 Å². The number of halogens is 2. The number of rotatable bonds is 3. The van der Waals surface area contributed by atoms with Crippen molar-refractivity contribution >= 4 is 29.1 Å². The van der Waals surface area contributed by atoms with Gasteiger partial charge in [-0.25, -0.2) is 4.68 Å². The molecule has 2 aromatic carbocycles. The van der Waals surface area contributed by atoms with Gasteiger partial charge in [0.05, 0.1) is 11.4 Å². The summed E-state index contributed by atoms with van der Waals surface area (Å²) in [7, 11) is 0. The van der Waals surface area contributed by atoms with Crippen LogP contribution in [0.2, 0.25) is 10.0 Å². The van der Waals surface area contributed by atoms with Crippen LogP contribution in [0.25, 0.3) is 16.9 Å². The third-order valence-electron chi connectivity index (χ3n) is 3.16. The topological polar surface area (TPSA) is 60.9 Å². The molecule has 1 heterocycles. The summed E-state index contributed by atoms with van der Waals surface area (Å²) in [5.41, 5.74) is 7.48. The Kier molecular flexibility index (Phi) is 3.88. The maximum absolute atomic E-state index is 11.6. The smallest absolute Gasteiger partial charge is 0.270 e. The van der Waals surface area contributed by atoms with Gasteiger partial charge in [0.25, 0.3) is 5.91 Å². The molecule has 0 unspecified atom stereocenters. The average molecular weight is 332 g/mol. The Hall–Kier alpha value is -2.30. The summed E-state index contributed by atoms with van der Waals surface area (Å²) in [6.07, 6.45) is 0. The van der Waals surface area contributed by atoms with Gasteiger partial charge in [-0.2, -0.15) is 5.10 Å². The highest BCUT2D eigenvalue weighted by Gasteiger charge is 2.22. The van der Waals surface area contributed by atoms with Crippen molar-refractivity contribution in [2.45, 2.75) is 0 Å². The summed E-state index contributed by atoms with van der Waals surface area (Å²) in [6, 6.07) is 16.5. The predicted molar refractivity (Wildman–Crippen MR) is 87.5 cm³/mol. The molecular formula is C16H11Cl2N3O. The highest BCUT2D eigenvalue weighted by Crippen LogP contribution is 2.34. The van der Waals surface area contributed by atoms with E-state index in [4.69, 9.17) is 28.9 Å². The summed E-state index contributed by atoms with van der Waals surface area (Å²) in [5.74, 6) is -0.678. The zero-order valence-corrected chi connectivity index (χ0v) is 12.8. The van der Waals surface area contributed by atoms with Crippen LogP contribution in [0.5, 0.6) is 0 Å². The van der Waals surface area contributed by atoms with Crippen LogP contribution < -0.4 is 5.73 Å². The van der Waals surface area contributed by atoms with Gasteiger partial charge in [0.2, 0.25) is 0 Å². The van der Waals surface area contributed by atoms with E-state index in [1.54, 1.807) is 22.9 Å². The number of carbonyl (C=O) groups excluding carboxylic acids is 1. The monoisotopic (exact) mass is 331 g/mol. The number of hydrogen-bond acceptors (Lipinski definition) is 2. The van der Waals surface area contributed by atoms with Gasteiger partial charge in [0.1, 0.15) is 5.02 Å². The molecule has 1 aromatic heterocycles. The van der Waals surface area contributed by atoms with Crippen molar-refractivity contribution in [2.24, 2.45) is 5.73 Å². The third kappa shape index (κ3) is 2.58. The second-order valence-corrected chi connectivity index (χ2v) is 5.45. The van der Waals surface area contributed by atoms with Crippen molar-refractivity contribution in [2.75, 3.05) is 0 Å². The van der Waals surface area contributed by atoms with Crippen molar-refractivity contribution in [1.29, 1.82) is 0 Å². The minimum absolute atomic E-state index is 0.0282. The normalized spacial score (nSPS) is 10.6. The molecule has 0 aliphatic rings. The van der Waals surface area contributed by atoms with Gasteiger partial charge < -0.3 is 5.73 Å². The standard InChI is InChI=1S/C16H11Cl2N3O/c17-11-6-4-5-10(9-11)15-13(18)14(16(19)22)20-21(15)12-7-2-1-3-8-12/h1-9H,(H2,19,22). The lowest BCUT2D eigenvalue weighted by atomic mass is 10.1. The first kappa shape index (κ1) is 14.6. The van der Waals surface area contributed by atoms with Crippen molar-refractivity contribution in [3.8, 4) is 16.9 Å². The summed E-state index contributed by atoms with van der Waals surface area (Å²) in [6.45, 7) is 0. The highest BCUT2D eigenvalue weighted by atomic mass is 35.5. The Balaban J connectivity index is 2.30. The fraction of sp³-hybridized carbons (Fsp3) is 0. The van der Waals surface area contributed by atoms with Crippen molar-refractivity contribution in [1.82, 2.24) is 9.78 Å². The second-order valence-electron chi connectivity index (χ2n) is 4.63. The summed E-state index contributed by atoms with van der Waals surface area (Å²) in [5, 5.41) is 5.02. The maximum atomic E-state index is 11.6. The molecule has 0 spiro atoms. The van der Waals surface area contributed by atoms with E-state index < -0.39 is 5.91 Å². The summed E-state index contributed by atoms with van der Waals surface area (Å²) >= 11 is 12.4. The molecule has 0 radical (unpaired) electrons. The largest absolute Gasteiger partial charge is 0.364 e. The Morgan fingerprint density at radius 1 is 1.05 bits per heavy atom. The number of aromatic nitrogens is 2. The Bertz CT molecular complexity index is 844. The molecule has 6 heteroatoms. The van der Waals surface area contributed by atoms with Crippen LogP contribution in [0.15, 0.2) is 54.6 Å². The summed E-state index contributed by atoms with van der Waals surface area (Å²) in [4.78, 5) is 11.6. The van der Waals surface area contributed by atoms with Crippen LogP contribution in [-0.4, -0.2) is 15.7 Å². The van der Waals surface area contributed by atoms with Crippen LogP contribution in [0.1, 0.15) is 10.5 Å². The van der Waals surface area contributed by atoms with Gasteiger partial charge in [-0.05, 0) is 24.3 Å². The molecule has 0 saturated carbocycles. The minimum Gasteiger partial charge on any atom is -0.364 e. The lowest BCUT2D eigenvalue weighted by molar-refractivity contribution is 0.0995. The van der Waals surface area contributed by atoms with Gasteiger partial charge in [-0.15, -0.1) is 0 Å². The number of amides is 1. The average Bonchev–Trinajstić information content (AvgIpc) is 2.86. The molecule has 2 N–H and O–H groups in total. The first-order chi connectivity index (χ1) is 10.6. The lowest BCUT2D eigenvalue weighted by Gasteiger charge is -2.08. The minimum atomic E-state index is -0.678. The molecule has 0 saturated heterocycles. The van der Waals surface area contributed by atoms with Crippen LogP contribution >= 0.6 is 23.2 Å². The van der Waals surface area contributed by atoms with E-state index in [-0.39, 0.29) is 10.7 Å². The number of nitrogens with zero attached hydrogens (tertiary/aromatic N) is 2. The van der Waals surface area contributed by atoms with Crippen molar-refractivity contribution in [3.63, 3.8) is 0 Å². The van der Waals surface area contributed by atoms with Gasteiger partial charge in [-0.3, -0.25) is 4.79 Å². The predicted octanol–water partition coefficient (Wildman–Crippen LogP) is 3.95. The first-order valence-electron chi connectivity index (χ1n) is 6.47. The molecule has 110 valence electrons. The molecule has 0 bridgehead atoms. The molecular weight excluding hydrogens is 321 g/mol. The zero-order chi connectivity index (χ0) is 15.7. The number of carbonyl (C=O) groups is 1.